The second kappa shape index (κ2) is 7.43. The number of benzene rings is 1. The van der Waals surface area contributed by atoms with Crippen molar-refractivity contribution in [2.24, 2.45) is 0 Å². The minimum atomic E-state index is -0.967. The summed E-state index contributed by atoms with van der Waals surface area (Å²) in [6.45, 7) is 1.64. The maximum atomic E-state index is 12.1. The van der Waals surface area contributed by atoms with Gasteiger partial charge in [-0.05, 0) is 53.2 Å². The van der Waals surface area contributed by atoms with E-state index < -0.39 is 18.0 Å². The number of carbonyl (C=O) groups excluding carboxylic acids is 2. The fourth-order valence-electron chi connectivity index (χ4n) is 2.05. The zero-order valence-corrected chi connectivity index (χ0v) is 14.7. The summed E-state index contributed by atoms with van der Waals surface area (Å²) in [6.07, 6.45) is 1.68. The molecule has 2 aromatic rings. The largest absolute Gasteiger partial charge is 0.454 e. The average molecular weight is 408 g/mol. The first-order chi connectivity index (χ1) is 12.0. The number of esters is 1. The number of fused-ring (bicyclic) bond motifs is 1. The van der Waals surface area contributed by atoms with Gasteiger partial charge in [0.2, 0.25) is 6.79 Å². The van der Waals surface area contributed by atoms with E-state index in [1.54, 1.807) is 30.3 Å². The monoisotopic (exact) mass is 407 g/mol. The number of nitrogens with one attached hydrogen (secondary N) is 1. The lowest BCUT2D eigenvalue weighted by atomic mass is 10.2. The van der Waals surface area contributed by atoms with Crippen molar-refractivity contribution in [2.75, 3.05) is 12.1 Å². The van der Waals surface area contributed by atoms with Crippen LogP contribution in [0.3, 0.4) is 0 Å². The van der Waals surface area contributed by atoms with E-state index in [-0.39, 0.29) is 6.79 Å². The summed E-state index contributed by atoms with van der Waals surface area (Å²) in [5.41, 5.74) is 0.521. The average Bonchev–Trinajstić information content (AvgIpc) is 3.21. The molecule has 1 aromatic heterocycles. The van der Waals surface area contributed by atoms with Crippen molar-refractivity contribution in [3.05, 3.63) is 46.8 Å². The van der Waals surface area contributed by atoms with Gasteiger partial charge in [0, 0.05) is 17.8 Å². The van der Waals surface area contributed by atoms with E-state index in [4.69, 9.17) is 18.6 Å². The highest BCUT2D eigenvalue weighted by Gasteiger charge is 2.19. The van der Waals surface area contributed by atoms with Crippen LogP contribution in [0.2, 0.25) is 0 Å². The smallest absolute Gasteiger partial charge is 0.331 e. The van der Waals surface area contributed by atoms with Crippen LogP contribution < -0.4 is 14.8 Å². The molecule has 8 heteroatoms. The third kappa shape index (κ3) is 4.42. The standard InChI is InChI=1S/C17H14BrNO6/c1-10(24-16(20)7-4-12-3-6-15(18)25-12)17(21)19-11-2-5-13-14(8-11)23-9-22-13/h2-8,10H,9H2,1H3,(H,19,21)/b7-4+/t10-/m0/s1. The van der Waals surface area contributed by atoms with Gasteiger partial charge >= 0.3 is 5.97 Å². The van der Waals surface area contributed by atoms with E-state index in [0.29, 0.717) is 27.6 Å². The minimum absolute atomic E-state index is 0.152. The summed E-state index contributed by atoms with van der Waals surface area (Å²) >= 11 is 3.16. The van der Waals surface area contributed by atoms with Gasteiger partial charge < -0.3 is 23.9 Å². The van der Waals surface area contributed by atoms with Crippen molar-refractivity contribution in [1.82, 2.24) is 0 Å². The lowest BCUT2D eigenvalue weighted by molar-refractivity contribution is -0.148. The van der Waals surface area contributed by atoms with E-state index in [1.807, 2.05) is 0 Å². The lowest BCUT2D eigenvalue weighted by Crippen LogP contribution is -2.29. The summed E-state index contributed by atoms with van der Waals surface area (Å²) in [4.78, 5) is 23.9. The summed E-state index contributed by atoms with van der Waals surface area (Å²) in [6, 6.07) is 8.40. The molecule has 3 rings (SSSR count). The zero-order valence-electron chi connectivity index (χ0n) is 13.2. The van der Waals surface area contributed by atoms with Gasteiger partial charge in [-0.2, -0.15) is 0 Å². The molecular weight excluding hydrogens is 394 g/mol. The number of furan rings is 1. The molecule has 130 valence electrons. The highest BCUT2D eigenvalue weighted by atomic mass is 79.9. The third-order valence-corrected chi connectivity index (χ3v) is 3.71. The first kappa shape index (κ1) is 17.1. The number of halogens is 1. The number of hydrogen-bond donors (Lipinski definition) is 1. The summed E-state index contributed by atoms with van der Waals surface area (Å²) in [5, 5.41) is 2.65. The molecule has 0 saturated carbocycles. The molecule has 1 aliphatic heterocycles. The van der Waals surface area contributed by atoms with Crippen LogP contribution in [0.15, 0.2) is 45.5 Å². The van der Waals surface area contributed by atoms with Gasteiger partial charge in [-0.3, -0.25) is 4.79 Å². The molecule has 2 heterocycles. The molecule has 0 fully saturated rings. The minimum Gasteiger partial charge on any atom is -0.454 e. The first-order valence-corrected chi connectivity index (χ1v) is 8.15. The Morgan fingerprint density at radius 3 is 2.80 bits per heavy atom. The second-order valence-electron chi connectivity index (χ2n) is 5.11. The fourth-order valence-corrected chi connectivity index (χ4v) is 2.37. The molecule has 1 aromatic carbocycles. The van der Waals surface area contributed by atoms with Crippen LogP contribution in [-0.2, 0) is 14.3 Å². The molecular formula is C17H14BrNO6. The first-order valence-electron chi connectivity index (χ1n) is 7.36. The van der Waals surface area contributed by atoms with E-state index >= 15 is 0 Å². The van der Waals surface area contributed by atoms with Gasteiger partial charge in [0.15, 0.2) is 22.3 Å². The Labute approximate surface area is 151 Å². The van der Waals surface area contributed by atoms with Crippen LogP contribution in [0, 0.1) is 0 Å². The number of amides is 1. The van der Waals surface area contributed by atoms with Gasteiger partial charge in [0.05, 0.1) is 0 Å². The van der Waals surface area contributed by atoms with Crippen molar-refractivity contribution < 1.29 is 28.2 Å². The number of ether oxygens (including phenoxy) is 3. The number of carbonyl (C=O) groups is 2. The van der Waals surface area contributed by atoms with Crippen LogP contribution in [0.25, 0.3) is 6.08 Å². The van der Waals surface area contributed by atoms with Crippen molar-refractivity contribution in [3.8, 4) is 11.5 Å². The highest BCUT2D eigenvalue weighted by Crippen LogP contribution is 2.34. The number of hydrogen-bond acceptors (Lipinski definition) is 6. The van der Waals surface area contributed by atoms with E-state index in [0.717, 1.165) is 0 Å². The molecule has 1 amide bonds. The van der Waals surface area contributed by atoms with Crippen molar-refractivity contribution in [3.63, 3.8) is 0 Å². The van der Waals surface area contributed by atoms with Crippen LogP contribution in [0.5, 0.6) is 11.5 Å². The Morgan fingerprint density at radius 1 is 1.24 bits per heavy atom. The number of rotatable bonds is 5. The Balaban J connectivity index is 1.53. The molecule has 25 heavy (non-hydrogen) atoms. The molecule has 0 saturated heterocycles. The Morgan fingerprint density at radius 2 is 2.04 bits per heavy atom. The van der Waals surface area contributed by atoms with Gasteiger partial charge in [0.25, 0.3) is 5.91 Å². The quantitative estimate of drug-likeness (QED) is 0.603. The molecule has 1 aliphatic rings. The normalized spacial score (nSPS) is 13.7. The predicted octanol–water partition coefficient (Wildman–Crippen LogP) is 3.35. The molecule has 0 aliphatic carbocycles. The van der Waals surface area contributed by atoms with Gasteiger partial charge in [0.1, 0.15) is 5.76 Å². The summed E-state index contributed by atoms with van der Waals surface area (Å²) < 4.78 is 21.3. The highest BCUT2D eigenvalue weighted by molar-refractivity contribution is 9.10. The Hall–Kier alpha value is -2.74. The fraction of sp³-hybridized carbons (Fsp3) is 0.176. The molecule has 0 unspecified atom stereocenters. The summed E-state index contributed by atoms with van der Waals surface area (Å²) in [7, 11) is 0. The molecule has 7 nitrogen and oxygen atoms in total. The predicted molar refractivity (Wildman–Crippen MR) is 92.2 cm³/mol. The maximum Gasteiger partial charge on any atom is 0.331 e. The summed E-state index contributed by atoms with van der Waals surface area (Å²) in [5.74, 6) is 0.547. The lowest BCUT2D eigenvalue weighted by Gasteiger charge is -2.12. The maximum absolute atomic E-state index is 12.1. The Bertz CT molecular complexity index is 828. The van der Waals surface area contributed by atoms with Crippen molar-refractivity contribution in [2.45, 2.75) is 13.0 Å². The van der Waals surface area contributed by atoms with Gasteiger partial charge in [-0.15, -0.1) is 0 Å². The molecule has 0 bridgehead atoms. The van der Waals surface area contributed by atoms with Crippen LogP contribution in [-0.4, -0.2) is 24.8 Å². The molecule has 0 spiro atoms. The van der Waals surface area contributed by atoms with Gasteiger partial charge in [-0.1, -0.05) is 0 Å². The zero-order chi connectivity index (χ0) is 17.8. The van der Waals surface area contributed by atoms with E-state index in [9.17, 15) is 9.59 Å². The molecule has 1 N–H and O–H groups in total. The molecule has 0 radical (unpaired) electrons. The second-order valence-corrected chi connectivity index (χ2v) is 5.89. The van der Waals surface area contributed by atoms with Crippen LogP contribution >= 0.6 is 15.9 Å². The Kier molecular flexibility index (Phi) is 5.08. The van der Waals surface area contributed by atoms with Crippen molar-refractivity contribution in [1.29, 1.82) is 0 Å². The number of anilines is 1. The SMILES string of the molecule is C[C@H](OC(=O)/C=C/c1ccc(Br)o1)C(=O)Nc1ccc2c(c1)OCO2. The van der Waals surface area contributed by atoms with Crippen LogP contribution in [0.4, 0.5) is 5.69 Å². The topological polar surface area (TPSA) is 87.0 Å². The van der Waals surface area contributed by atoms with Gasteiger partial charge in [-0.25, -0.2) is 4.79 Å². The van der Waals surface area contributed by atoms with Crippen molar-refractivity contribution >= 4 is 39.6 Å². The molecule has 1 atom stereocenters. The third-order valence-electron chi connectivity index (χ3n) is 3.28. The van der Waals surface area contributed by atoms with E-state index in [1.165, 1.54) is 19.1 Å². The van der Waals surface area contributed by atoms with E-state index in [2.05, 4.69) is 21.2 Å². The van der Waals surface area contributed by atoms with Crippen LogP contribution in [0.1, 0.15) is 12.7 Å².